The summed E-state index contributed by atoms with van der Waals surface area (Å²) in [5, 5.41) is 13.2. The van der Waals surface area contributed by atoms with Gasteiger partial charge in [-0.2, -0.15) is 0 Å². The molecule has 1 fully saturated rings. The number of aromatic nitrogens is 3. The predicted octanol–water partition coefficient (Wildman–Crippen LogP) is 2.68. The van der Waals surface area contributed by atoms with Crippen molar-refractivity contribution in [1.82, 2.24) is 19.4 Å². The number of rotatable bonds is 9. The third kappa shape index (κ3) is 5.69. The number of ether oxygens (including phenoxy) is 2. The number of nitrogens with one attached hydrogen (secondary N) is 1. The summed E-state index contributed by atoms with van der Waals surface area (Å²) in [6, 6.07) is 7.05. The van der Waals surface area contributed by atoms with Gasteiger partial charge in [0.1, 0.15) is 11.9 Å². The fourth-order valence-corrected chi connectivity index (χ4v) is 4.67. The second kappa shape index (κ2) is 10.9. The van der Waals surface area contributed by atoms with E-state index in [1.165, 1.54) is 0 Å². The van der Waals surface area contributed by atoms with Crippen molar-refractivity contribution in [1.29, 1.82) is 0 Å². The normalized spacial score (nSPS) is 17.6. The third-order valence-electron chi connectivity index (χ3n) is 6.46. The monoisotopic (exact) mass is 496 g/mol. The Morgan fingerprint density at radius 3 is 2.72 bits per heavy atom. The highest BCUT2D eigenvalue weighted by molar-refractivity contribution is 5.81. The standard InChI is InChI=1S/C27H36N4O5/c1-16(2)36-27(34)24(18(4)32)28-13-19-8-9-23-22(12-19)29-25(31(23)15-21-7-6-10-35-21)20-11-17(3)26(33)30(5)14-20/h8-9,11-12,14,16,18,21,24,28,32H,6-7,10,13,15H2,1-5H3/t18?,21-,24?/m0/s1. The van der Waals surface area contributed by atoms with E-state index in [0.29, 0.717) is 18.7 Å². The van der Waals surface area contributed by atoms with Crippen LogP contribution >= 0.6 is 0 Å². The number of aliphatic hydroxyl groups excluding tert-OH is 1. The summed E-state index contributed by atoms with van der Waals surface area (Å²) in [5.74, 6) is 0.306. The van der Waals surface area contributed by atoms with Gasteiger partial charge in [0, 0.05) is 37.5 Å². The summed E-state index contributed by atoms with van der Waals surface area (Å²) in [5.41, 5.74) is 4.21. The van der Waals surface area contributed by atoms with Crippen LogP contribution in [0.3, 0.4) is 0 Å². The van der Waals surface area contributed by atoms with Gasteiger partial charge >= 0.3 is 5.97 Å². The van der Waals surface area contributed by atoms with Gasteiger partial charge in [-0.3, -0.25) is 14.9 Å². The van der Waals surface area contributed by atoms with Crippen LogP contribution in [0.5, 0.6) is 0 Å². The fourth-order valence-electron chi connectivity index (χ4n) is 4.67. The van der Waals surface area contributed by atoms with Gasteiger partial charge in [0.2, 0.25) is 0 Å². The van der Waals surface area contributed by atoms with Crippen molar-refractivity contribution in [2.75, 3.05) is 6.61 Å². The molecule has 1 saturated heterocycles. The minimum Gasteiger partial charge on any atom is -0.462 e. The number of carbonyl (C=O) groups excluding carboxylic acids is 1. The summed E-state index contributed by atoms with van der Waals surface area (Å²) in [7, 11) is 1.75. The highest BCUT2D eigenvalue weighted by Crippen LogP contribution is 2.28. The molecule has 2 unspecified atom stereocenters. The number of benzene rings is 1. The zero-order chi connectivity index (χ0) is 26.0. The third-order valence-corrected chi connectivity index (χ3v) is 6.46. The number of nitrogens with zero attached hydrogens (tertiary/aromatic N) is 3. The molecule has 1 aliphatic rings. The SMILES string of the molecule is Cc1cc(-c2nc3cc(CNC(C(=O)OC(C)C)C(C)O)ccc3n2C[C@@H]2CCCO2)cn(C)c1=O. The first-order chi connectivity index (χ1) is 17.1. The molecule has 1 aromatic carbocycles. The summed E-state index contributed by atoms with van der Waals surface area (Å²) in [6.45, 7) is 8.75. The van der Waals surface area contributed by atoms with Crippen LogP contribution in [0.4, 0.5) is 0 Å². The van der Waals surface area contributed by atoms with Gasteiger partial charge in [-0.25, -0.2) is 4.98 Å². The van der Waals surface area contributed by atoms with E-state index in [-0.39, 0.29) is 17.8 Å². The van der Waals surface area contributed by atoms with Crippen LogP contribution in [0.25, 0.3) is 22.4 Å². The number of esters is 1. The number of hydrogen-bond acceptors (Lipinski definition) is 7. The summed E-state index contributed by atoms with van der Waals surface area (Å²) in [6.07, 6.45) is 2.83. The first-order valence-electron chi connectivity index (χ1n) is 12.5. The predicted molar refractivity (Wildman–Crippen MR) is 138 cm³/mol. The van der Waals surface area contributed by atoms with E-state index in [1.54, 1.807) is 32.4 Å². The van der Waals surface area contributed by atoms with E-state index in [1.807, 2.05) is 37.4 Å². The molecule has 9 nitrogen and oxygen atoms in total. The Hall–Kier alpha value is -3.01. The molecule has 3 aromatic rings. The number of aryl methyl sites for hydroxylation is 2. The molecule has 0 radical (unpaired) electrons. The van der Waals surface area contributed by atoms with E-state index >= 15 is 0 Å². The maximum Gasteiger partial charge on any atom is 0.326 e. The lowest BCUT2D eigenvalue weighted by Crippen LogP contribution is -2.46. The highest BCUT2D eigenvalue weighted by atomic mass is 16.5. The van der Waals surface area contributed by atoms with Crippen LogP contribution in [0.2, 0.25) is 0 Å². The van der Waals surface area contributed by atoms with Crippen LogP contribution in [0.15, 0.2) is 35.3 Å². The van der Waals surface area contributed by atoms with Crippen molar-refractivity contribution >= 4 is 17.0 Å². The molecule has 194 valence electrons. The molecule has 1 aliphatic heterocycles. The molecule has 3 heterocycles. The minimum atomic E-state index is -0.898. The van der Waals surface area contributed by atoms with Gasteiger partial charge in [-0.05, 0) is 64.3 Å². The van der Waals surface area contributed by atoms with Gasteiger partial charge in [0.05, 0.1) is 35.9 Å². The Morgan fingerprint density at radius 2 is 2.08 bits per heavy atom. The van der Waals surface area contributed by atoms with Gasteiger partial charge in [-0.15, -0.1) is 0 Å². The Bertz CT molecular complexity index is 1260. The lowest BCUT2D eigenvalue weighted by molar-refractivity contribution is -0.152. The molecule has 2 N–H and O–H groups in total. The maximum atomic E-state index is 12.4. The second-order valence-electron chi connectivity index (χ2n) is 9.92. The number of pyridine rings is 1. The molecule has 3 atom stereocenters. The van der Waals surface area contributed by atoms with Gasteiger partial charge in [-0.1, -0.05) is 6.07 Å². The number of hydrogen-bond donors (Lipinski definition) is 2. The Morgan fingerprint density at radius 1 is 1.31 bits per heavy atom. The summed E-state index contributed by atoms with van der Waals surface area (Å²) >= 11 is 0. The molecule has 0 spiro atoms. The zero-order valence-corrected chi connectivity index (χ0v) is 21.7. The molecule has 4 rings (SSSR count). The first kappa shape index (κ1) is 26.1. The van der Waals surface area contributed by atoms with Crippen LogP contribution in [-0.2, 0) is 34.4 Å². The van der Waals surface area contributed by atoms with E-state index in [4.69, 9.17) is 14.5 Å². The molecular weight excluding hydrogens is 460 g/mol. The highest BCUT2D eigenvalue weighted by Gasteiger charge is 2.26. The number of carbonyl (C=O) groups is 1. The smallest absolute Gasteiger partial charge is 0.326 e. The van der Waals surface area contributed by atoms with E-state index in [9.17, 15) is 14.7 Å². The van der Waals surface area contributed by atoms with Crippen molar-refractivity contribution in [3.63, 3.8) is 0 Å². The van der Waals surface area contributed by atoms with Gasteiger partial charge in [0.25, 0.3) is 5.56 Å². The quantitative estimate of drug-likeness (QED) is 0.439. The number of fused-ring (bicyclic) bond motifs is 1. The molecule has 0 amide bonds. The average Bonchev–Trinajstić information content (AvgIpc) is 3.45. The van der Waals surface area contributed by atoms with E-state index < -0.39 is 18.1 Å². The minimum absolute atomic E-state index is 0.0300. The van der Waals surface area contributed by atoms with Crippen molar-refractivity contribution < 1.29 is 19.4 Å². The lowest BCUT2D eigenvalue weighted by atomic mass is 10.1. The Labute approximate surface area is 211 Å². The molecule has 9 heteroatoms. The van der Waals surface area contributed by atoms with Crippen LogP contribution in [-0.4, -0.2) is 56.2 Å². The second-order valence-corrected chi connectivity index (χ2v) is 9.92. The molecule has 36 heavy (non-hydrogen) atoms. The van der Waals surface area contributed by atoms with Crippen molar-refractivity contribution in [3.8, 4) is 11.4 Å². The maximum absolute atomic E-state index is 12.4. The zero-order valence-electron chi connectivity index (χ0n) is 21.7. The largest absolute Gasteiger partial charge is 0.462 e. The van der Waals surface area contributed by atoms with E-state index in [0.717, 1.165) is 47.4 Å². The fraction of sp³-hybridized carbons (Fsp3) is 0.519. The topological polar surface area (TPSA) is 108 Å². The lowest BCUT2D eigenvalue weighted by Gasteiger charge is -2.21. The Balaban J connectivity index is 1.67. The molecular formula is C27H36N4O5. The average molecular weight is 497 g/mol. The van der Waals surface area contributed by atoms with Crippen LogP contribution < -0.4 is 10.9 Å². The van der Waals surface area contributed by atoms with Crippen molar-refractivity contribution in [2.24, 2.45) is 7.05 Å². The Kier molecular flexibility index (Phi) is 7.92. The van der Waals surface area contributed by atoms with Gasteiger partial charge in [0.15, 0.2) is 0 Å². The van der Waals surface area contributed by atoms with Crippen molar-refractivity contribution in [3.05, 3.63) is 51.9 Å². The molecule has 0 bridgehead atoms. The molecule has 0 aliphatic carbocycles. The molecule has 0 saturated carbocycles. The van der Waals surface area contributed by atoms with E-state index in [2.05, 4.69) is 9.88 Å². The van der Waals surface area contributed by atoms with Crippen molar-refractivity contribution in [2.45, 2.75) is 78.0 Å². The first-order valence-corrected chi connectivity index (χ1v) is 12.5. The number of aliphatic hydroxyl groups is 1. The summed E-state index contributed by atoms with van der Waals surface area (Å²) in [4.78, 5) is 29.6. The van der Waals surface area contributed by atoms with Crippen LogP contribution in [0.1, 0.15) is 44.7 Å². The van der Waals surface area contributed by atoms with Crippen LogP contribution in [0, 0.1) is 6.92 Å². The summed E-state index contributed by atoms with van der Waals surface area (Å²) < 4.78 is 14.9. The molecule has 2 aromatic heterocycles. The number of imidazole rings is 1. The van der Waals surface area contributed by atoms with Gasteiger partial charge < -0.3 is 23.7 Å².